The van der Waals surface area contributed by atoms with Crippen molar-refractivity contribution < 1.29 is 9.53 Å². The van der Waals surface area contributed by atoms with E-state index in [0.29, 0.717) is 18.9 Å². The number of carbonyl (C=O) groups excluding carboxylic acids is 1. The van der Waals surface area contributed by atoms with Crippen LogP contribution in [0.15, 0.2) is 0 Å². The van der Waals surface area contributed by atoms with Gasteiger partial charge in [-0.1, -0.05) is 26.2 Å². The Morgan fingerprint density at radius 1 is 1.40 bits per heavy atom. The summed E-state index contributed by atoms with van der Waals surface area (Å²) in [7, 11) is 0. The smallest absolute Gasteiger partial charge is 0.306 e. The van der Waals surface area contributed by atoms with Crippen LogP contribution in [0, 0.1) is 5.92 Å². The summed E-state index contributed by atoms with van der Waals surface area (Å²) < 4.78 is 5.18. The molecule has 3 heteroatoms. The topological polar surface area (TPSA) is 38.3 Å². The van der Waals surface area contributed by atoms with Gasteiger partial charge in [-0.3, -0.25) is 4.79 Å². The van der Waals surface area contributed by atoms with Gasteiger partial charge in [0.15, 0.2) is 0 Å². The SMILES string of the molecule is CCCCCCOC(=O)CC1CCNC1. The summed E-state index contributed by atoms with van der Waals surface area (Å²) in [6.45, 7) is 4.82. The highest BCUT2D eigenvalue weighted by Crippen LogP contribution is 2.12. The van der Waals surface area contributed by atoms with Gasteiger partial charge in [0, 0.05) is 6.42 Å². The van der Waals surface area contributed by atoms with E-state index in [1.165, 1.54) is 19.3 Å². The van der Waals surface area contributed by atoms with Crippen LogP contribution in [-0.2, 0) is 9.53 Å². The average molecular weight is 213 g/mol. The average Bonchev–Trinajstić information content (AvgIpc) is 2.70. The fourth-order valence-electron chi connectivity index (χ4n) is 1.90. The summed E-state index contributed by atoms with van der Waals surface area (Å²) >= 11 is 0. The second kappa shape index (κ2) is 7.69. The van der Waals surface area contributed by atoms with Gasteiger partial charge in [0.05, 0.1) is 6.61 Å². The standard InChI is InChI=1S/C12H23NO2/c1-2-3-4-5-8-15-12(14)9-11-6-7-13-10-11/h11,13H,2-10H2,1H3. The lowest BCUT2D eigenvalue weighted by atomic mass is 10.1. The molecule has 0 aromatic heterocycles. The summed E-state index contributed by atoms with van der Waals surface area (Å²) in [5, 5.41) is 3.25. The van der Waals surface area contributed by atoms with Gasteiger partial charge in [0.1, 0.15) is 0 Å². The summed E-state index contributed by atoms with van der Waals surface area (Å²) in [5.41, 5.74) is 0. The van der Waals surface area contributed by atoms with E-state index in [1.807, 2.05) is 0 Å². The minimum atomic E-state index is -0.0137. The van der Waals surface area contributed by atoms with Crippen molar-refractivity contribution in [3.63, 3.8) is 0 Å². The highest BCUT2D eigenvalue weighted by atomic mass is 16.5. The lowest BCUT2D eigenvalue weighted by Gasteiger charge is -2.08. The minimum absolute atomic E-state index is 0.0137. The molecule has 3 nitrogen and oxygen atoms in total. The van der Waals surface area contributed by atoms with Gasteiger partial charge in [0.2, 0.25) is 0 Å². The Morgan fingerprint density at radius 3 is 2.93 bits per heavy atom. The molecule has 15 heavy (non-hydrogen) atoms. The fraction of sp³-hybridized carbons (Fsp3) is 0.917. The quantitative estimate of drug-likeness (QED) is 0.520. The molecule has 1 aliphatic heterocycles. The van der Waals surface area contributed by atoms with E-state index in [9.17, 15) is 4.79 Å². The van der Waals surface area contributed by atoms with E-state index in [-0.39, 0.29) is 5.97 Å². The molecule has 1 unspecified atom stereocenters. The van der Waals surface area contributed by atoms with Gasteiger partial charge in [-0.15, -0.1) is 0 Å². The third kappa shape index (κ3) is 5.78. The minimum Gasteiger partial charge on any atom is -0.466 e. The second-order valence-electron chi connectivity index (χ2n) is 4.34. The first-order chi connectivity index (χ1) is 7.33. The molecule has 0 bridgehead atoms. The van der Waals surface area contributed by atoms with Crippen LogP contribution in [0.5, 0.6) is 0 Å². The molecule has 1 atom stereocenters. The normalized spacial score (nSPS) is 20.5. The monoisotopic (exact) mass is 213 g/mol. The molecule has 0 aliphatic carbocycles. The van der Waals surface area contributed by atoms with E-state index in [2.05, 4.69) is 12.2 Å². The lowest BCUT2D eigenvalue weighted by molar-refractivity contribution is -0.144. The summed E-state index contributed by atoms with van der Waals surface area (Å²) in [6, 6.07) is 0. The molecule has 0 aromatic rings. The zero-order valence-electron chi connectivity index (χ0n) is 9.76. The van der Waals surface area contributed by atoms with E-state index in [1.54, 1.807) is 0 Å². The van der Waals surface area contributed by atoms with Crippen molar-refractivity contribution in [1.82, 2.24) is 5.32 Å². The predicted octanol–water partition coefficient (Wildman–Crippen LogP) is 2.11. The molecule has 0 radical (unpaired) electrons. The van der Waals surface area contributed by atoms with E-state index < -0.39 is 0 Å². The molecule has 0 amide bonds. The molecule has 0 aromatic carbocycles. The van der Waals surface area contributed by atoms with Crippen LogP contribution in [0.25, 0.3) is 0 Å². The van der Waals surface area contributed by atoms with Crippen LogP contribution in [0.1, 0.15) is 45.4 Å². The van der Waals surface area contributed by atoms with Crippen molar-refractivity contribution in [2.24, 2.45) is 5.92 Å². The van der Waals surface area contributed by atoms with Gasteiger partial charge in [0.25, 0.3) is 0 Å². The largest absolute Gasteiger partial charge is 0.466 e. The van der Waals surface area contributed by atoms with Crippen molar-refractivity contribution in [2.75, 3.05) is 19.7 Å². The molecule has 1 fully saturated rings. The first kappa shape index (κ1) is 12.5. The van der Waals surface area contributed by atoms with Crippen LogP contribution in [0.4, 0.5) is 0 Å². The Morgan fingerprint density at radius 2 is 2.27 bits per heavy atom. The maximum atomic E-state index is 11.4. The maximum absolute atomic E-state index is 11.4. The molecular formula is C12H23NO2. The number of ether oxygens (including phenoxy) is 1. The Hall–Kier alpha value is -0.570. The van der Waals surface area contributed by atoms with Crippen molar-refractivity contribution in [2.45, 2.75) is 45.4 Å². The van der Waals surface area contributed by atoms with E-state index in [0.717, 1.165) is 25.9 Å². The van der Waals surface area contributed by atoms with Gasteiger partial charge >= 0.3 is 5.97 Å². The van der Waals surface area contributed by atoms with Gasteiger partial charge in [-0.05, 0) is 31.8 Å². The van der Waals surface area contributed by atoms with Crippen LogP contribution < -0.4 is 5.32 Å². The predicted molar refractivity (Wildman–Crippen MR) is 60.7 cm³/mol. The van der Waals surface area contributed by atoms with E-state index in [4.69, 9.17) is 4.74 Å². The molecule has 1 heterocycles. The van der Waals surface area contributed by atoms with Crippen LogP contribution in [0.2, 0.25) is 0 Å². The molecule has 0 spiro atoms. The molecule has 1 rings (SSSR count). The van der Waals surface area contributed by atoms with Crippen LogP contribution in [-0.4, -0.2) is 25.7 Å². The Balaban J connectivity index is 1.93. The van der Waals surface area contributed by atoms with E-state index >= 15 is 0 Å². The fourth-order valence-corrected chi connectivity index (χ4v) is 1.90. The Kier molecular flexibility index (Phi) is 6.41. The molecule has 0 saturated carbocycles. The highest BCUT2D eigenvalue weighted by molar-refractivity contribution is 5.69. The van der Waals surface area contributed by atoms with Crippen LogP contribution in [0.3, 0.4) is 0 Å². The number of hydrogen-bond acceptors (Lipinski definition) is 3. The summed E-state index contributed by atoms with van der Waals surface area (Å²) in [6.07, 6.45) is 6.37. The first-order valence-electron chi connectivity index (χ1n) is 6.19. The first-order valence-corrected chi connectivity index (χ1v) is 6.19. The Labute approximate surface area is 92.6 Å². The highest BCUT2D eigenvalue weighted by Gasteiger charge is 2.18. The Bertz CT molecular complexity index is 176. The molecule has 88 valence electrons. The second-order valence-corrected chi connectivity index (χ2v) is 4.34. The lowest BCUT2D eigenvalue weighted by Crippen LogP contribution is -2.15. The van der Waals surface area contributed by atoms with Crippen LogP contribution >= 0.6 is 0 Å². The molecule has 1 aliphatic rings. The van der Waals surface area contributed by atoms with Crippen molar-refractivity contribution in [1.29, 1.82) is 0 Å². The van der Waals surface area contributed by atoms with Crippen molar-refractivity contribution in [3.05, 3.63) is 0 Å². The number of esters is 1. The van der Waals surface area contributed by atoms with Gasteiger partial charge in [-0.25, -0.2) is 0 Å². The van der Waals surface area contributed by atoms with Gasteiger partial charge < -0.3 is 10.1 Å². The third-order valence-electron chi connectivity index (χ3n) is 2.88. The van der Waals surface area contributed by atoms with Crippen molar-refractivity contribution in [3.8, 4) is 0 Å². The number of rotatable bonds is 7. The summed E-state index contributed by atoms with van der Waals surface area (Å²) in [4.78, 5) is 11.4. The van der Waals surface area contributed by atoms with Gasteiger partial charge in [-0.2, -0.15) is 0 Å². The summed E-state index contributed by atoms with van der Waals surface area (Å²) in [5.74, 6) is 0.494. The zero-order valence-corrected chi connectivity index (χ0v) is 9.76. The number of hydrogen-bond donors (Lipinski definition) is 1. The molecule has 1 N–H and O–H groups in total. The molecule has 1 saturated heterocycles. The number of carbonyl (C=O) groups is 1. The number of unbranched alkanes of at least 4 members (excludes halogenated alkanes) is 3. The maximum Gasteiger partial charge on any atom is 0.306 e. The van der Waals surface area contributed by atoms with Crippen molar-refractivity contribution >= 4 is 5.97 Å². The third-order valence-corrected chi connectivity index (χ3v) is 2.88. The molecular weight excluding hydrogens is 190 g/mol. The number of nitrogens with one attached hydrogen (secondary N) is 1. The zero-order chi connectivity index (χ0) is 10.9.